The monoisotopic (exact) mass is 374 g/mol. The molecule has 2 atom stereocenters. The number of anilines is 1. The molecule has 2 aromatic rings. The number of thiophene rings is 1. The lowest BCUT2D eigenvalue weighted by Crippen LogP contribution is -2.51. The van der Waals surface area contributed by atoms with Crippen molar-refractivity contribution in [1.82, 2.24) is 14.9 Å². The second-order valence-corrected chi connectivity index (χ2v) is 7.94. The minimum Gasteiger partial charge on any atom is -0.481 e. The van der Waals surface area contributed by atoms with Gasteiger partial charge in [0, 0.05) is 32.1 Å². The van der Waals surface area contributed by atoms with E-state index < -0.39 is 5.97 Å². The van der Waals surface area contributed by atoms with Crippen LogP contribution >= 0.6 is 11.3 Å². The van der Waals surface area contributed by atoms with Crippen LogP contribution in [0.2, 0.25) is 0 Å². The maximum absolute atomic E-state index is 12.8. The van der Waals surface area contributed by atoms with Crippen molar-refractivity contribution in [3.63, 3.8) is 0 Å². The number of piperazine rings is 1. The SMILES string of the molecule is O=C(O)C1CCCC(C(=O)N2CCN(c3ncnc4sccc34)CC2)C1. The Morgan fingerprint density at radius 2 is 1.88 bits per heavy atom. The summed E-state index contributed by atoms with van der Waals surface area (Å²) >= 11 is 1.60. The number of nitrogens with zero attached hydrogens (tertiary/aromatic N) is 4. The van der Waals surface area contributed by atoms with E-state index in [1.165, 1.54) is 0 Å². The lowest BCUT2D eigenvalue weighted by Gasteiger charge is -2.38. The van der Waals surface area contributed by atoms with E-state index in [1.54, 1.807) is 17.7 Å². The first-order valence-corrected chi connectivity index (χ1v) is 9.96. The fourth-order valence-electron chi connectivity index (χ4n) is 4.06. The van der Waals surface area contributed by atoms with Crippen LogP contribution in [0.3, 0.4) is 0 Å². The molecule has 1 N–H and O–H groups in total. The van der Waals surface area contributed by atoms with E-state index in [9.17, 15) is 14.7 Å². The van der Waals surface area contributed by atoms with Gasteiger partial charge < -0.3 is 14.9 Å². The maximum atomic E-state index is 12.8. The van der Waals surface area contributed by atoms with Gasteiger partial charge in [0.1, 0.15) is 17.0 Å². The molecular weight excluding hydrogens is 352 g/mol. The van der Waals surface area contributed by atoms with Crippen molar-refractivity contribution < 1.29 is 14.7 Å². The summed E-state index contributed by atoms with van der Waals surface area (Å²) in [4.78, 5) is 37.9. The predicted octanol–water partition coefficient (Wildman–Crippen LogP) is 2.23. The fourth-order valence-corrected chi connectivity index (χ4v) is 4.79. The third-order valence-electron chi connectivity index (χ3n) is 5.50. The fraction of sp³-hybridized carbons (Fsp3) is 0.556. The highest BCUT2D eigenvalue weighted by Crippen LogP contribution is 2.31. The summed E-state index contributed by atoms with van der Waals surface area (Å²) in [6.45, 7) is 2.79. The van der Waals surface area contributed by atoms with Crippen LogP contribution in [-0.4, -0.2) is 58.0 Å². The number of aromatic nitrogens is 2. The molecule has 1 amide bonds. The Hall–Kier alpha value is -2.22. The number of carbonyl (C=O) groups excluding carboxylic acids is 1. The molecule has 8 heteroatoms. The lowest BCUT2D eigenvalue weighted by atomic mass is 9.80. The van der Waals surface area contributed by atoms with Crippen LogP contribution in [-0.2, 0) is 9.59 Å². The topological polar surface area (TPSA) is 86.6 Å². The largest absolute Gasteiger partial charge is 0.481 e. The van der Waals surface area contributed by atoms with Gasteiger partial charge in [0.25, 0.3) is 0 Å². The van der Waals surface area contributed by atoms with E-state index in [-0.39, 0.29) is 17.7 Å². The second kappa shape index (κ2) is 7.19. The molecule has 26 heavy (non-hydrogen) atoms. The number of carboxylic acids is 1. The molecule has 7 nitrogen and oxygen atoms in total. The van der Waals surface area contributed by atoms with E-state index in [0.29, 0.717) is 25.9 Å². The van der Waals surface area contributed by atoms with Gasteiger partial charge >= 0.3 is 5.97 Å². The molecule has 0 spiro atoms. The van der Waals surface area contributed by atoms with Gasteiger partial charge in [-0.05, 0) is 30.7 Å². The summed E-state index contributed by atoms with van der Waals surface area (Å²) in [6, 6.07) is 2.04. The van der Waals surface area contributed by atoms with Crippen LogP contribution in [0, 0.1) is 11.8 Å². The van der Waals surface area contributed by atoms with E-state index in [0.717, 1.165) is 42.0 Å². The van der Waals surface area contributed by atoms with Gasteiger partial charge in [-0.15, -0.1) is 11.3 Å². The van der Waals surface area contributed by atoms with E-state index in [2.05, 4.69) is 14.9 Å². The summed E-state index contributed by atoms with van der Waals surface area (Å²) in [7, 11) is 0. The van der Waals surface area contributed by atoms with Crippen LogP contribution in [0.25, 0.3) is 10.2 Å². The van der Waals surface area contributed by atoms with Gasteiger partial charge in [0.15, 0.2) is 0 Å². The minimum absolute atomic E-state index is 0.124. The number of amides is 1. The van der Waals surface area contributed by atoms with Crippen molar-refractivity contribution in [1.29, 1.82) is 0 Å². The van der Waals surface area contributed by atoms with Crippen LogP contribution < -0.4 is 4.90 Å². The molecule has 0 bridgehead atoms. The van der Waals surface area contributed by atoms with Crippen molar-refractivity contribution in [2.24, 2.45) is 11.8 Å². The predicted molar refractivity (Wildman–Crippen MR) is 99.3 cm³/mol. The summed E-state index contributed by atoms with van der Waals surface area (Å²) in [5.41, 5.74) is 0. The van der Waals surface area contributed by atoms with Crippen LogP contribution in [0.5, 0.6) is 0 Å². The quantitative estimate of drug-likeness (QED) is 0.887. The van der Waals surface area contributed by atoms with E-state index in [1.807, 2.05) is 16.3 Å². The molecule has 4 rings (SSSR count). The molecule has 2 unspecified atom stereocenters. The number of aliphatic carboxylic acids is 1. The van der Waals surface area contributed by atoms with Crippen molar-refractivity contribution in [3.8, 4) is 0 Å². The lowest BCUT2D eigenvalue weighted by molar-refractivity contribution is -0.145. The summed E-state index contributed by atoms with van der Waals surface area (Å²) in [5, 5.41) is 12.3. The average Bonchev–Trinajstić information content (AvgIpc) is 3.16. The number of hydrogen-bond acceptors (Lipinski definition) is 6. The van der Waals surface area contributed by atoms with Crippen molar-refractivity contribution in [2.45, 2.75) is 25.7 Å². The summed E-state index contributed by atoms with van der Waals surface area (Å²) < 4.78 is 0. The first kappa shape index (κ1) is 17.2. The minimum atomic E-state index is -0.768. The van der Waals surface area contributed by atoms with Crippen molar-refractivity contribution in [3.05, 3.63) is 17.8 Å². The van der Waals surface area contributed by atoms with Gasteiger partial charge in [0.2, 0.25) is 5.91 Å². The number of rotatable bonds is 3. The standard InChI is InChI=1S/C18H22N4O3S/c23-17(12-2-1-3-13(10-12)18(24)25)22-7-5-21(6-8-22)15-14-4-9-26-16(14)20-11-19-15/h4,9,11-13H,1-3,5-8,10H2,(H,24,25). The third-order valence-corrected chi connectivity index (χ3v) is 6.33. The first-order valence-electron chi connectivity index (χ1n) is 9.08. The molecule has 138 valence electrons. The smallest absolute Gasteiger partial charge is 0.306 e. The number of fused-ring (bicyclic) bond motifs is 1. The van der Waals surface area contributed by atoms with Gasteiger partial charge in [-0.1, -0.05) is 6.42 Å². The van der Waals surface area contributed by atoms with E-state index in [4.69, 9.17) is 0 Å². The van der Waals surface area contributed by atoms with Crippen molar-refractivity contribution >= 4 is 39.2 Å². The third kappa shape index (κ3) is 3.25. The highest BCUT2D eigenvalue weighted by Gasteiger charge is 2.34. The first-order chi connectivity index (χ1) is 12.6. The molecule has 2 fully saturated rings. The summed E-state index contributed by atoms with van der Waals surface area (Å²) in [5.74, 6) is -0.215. The Balaban J connectivity index is 1.39. The zero-order valence-electron chi connectivity index (χ0n) is 14.5. The molecule has 1 aliphatic carbocycles. The van der Waals surface area contributed by atoms with Crippen LogP contribution in [0.15, 0.2) is 17.8 Å². The Bertz CT molecular complexity index is 816. The average molecular weight is 374 g/mol. The zero-order chi connectivity index (χ0) is 18.1. The zero-order valence-corrected chi connectivity index (χ0v) is 15.3. The summed E-state index contributed by atoms with van der Waals surface area (Å²) in [6.07, 6.45) is 4.40. The number of carbonyl (C=O) groups is 2. The molecule has 2 aliphatic rings. The molecule has 1 aliphatic heterocycles. The second-order valence-electron chi connectivity index (χ2n) is 7.05. The van der Waals surface area contributed by atoms with Gasteiger partial charge in [-0.3, -0.25) is 9.59 Å². The normalized spacial score (nSPS) is 24.0. The molecule has 0 radical (unpaired) electrons. The molecular formula is C18H22N4O3S. The van der Waals surface area contributed by atoms with Crippen LogP contribution in [0.4, 0.5) is 5.82 Å². The van der Waals surface area contributed by atoms with Gasteiger partial charge in [0.05, 0.1) is 11.3 Å². The number of carboxylic acid groups (broad SMARTS) is 1. The number of hydrogen-bond donors (Lipinski definition) is 1. The molecule has 2 aromatic heterocycles. The Morgan fingerprint density at radius 1 is 1.12 bits per heavy atom. The van der Waals surface area contributed by atoms with Gasteiger partial charge in [-0.25, -0.2) is 9.97 Å². The molecule has 0 aromatic carbocycles. The molecule has 1 saturated carbocycles. The van der Waals surface area contributed by atoms with Crippen LogP contribution in [0.1, 0.15) is 25.7 Å². The van der Waals surface area contributed by atoms with E-state index >= 15 is 0 Å². The highest BCUT2D eigenvalue weighted by atomic mass is 32.1. The Labute approximate surface area is 155 Å². The molecule has 3 heterocycles. The highest BCUT2D eigenvalue weighted by molar-refractivity contribution is 7.16. The Morgan fingerprint density at radius 3 is 2.65 bits per heavy atom. The molecule has 1 saturated heterocycles. The maximum Gasteiger partial charge on any atom is 0.306 e. The Kier molecular flexibility index (Phi) is 4.76. The van der Waals surface area contributed by atoms with Gasteiger partial charge in [-0.2, -0.15) is 0 Å². The van der Waals surface area contributed by atoms with Crippen molar-refractivity contribution in [2.75, 3.05) is 31.1 Å².